The lowest BCUT2D eigenvalue weighted by Crippen LogP contribution is -2.52. The van der Waals surface area contributed by atoms with E-state index in [-0.39, 0.29) is 24.6 Å². The molecule has 0 unspecified atom stereocenters. The second-order valence-electron chi connectivity index (χ2n) is 8.11. The maximum absolute atomic E-state index is 13.1. The van der Waals surface area contributed by atoms with Gasteiger partial charge in [-0.3, -0.25) is 19.1 Å². The van der Waals surface area contributed by atoms with Gasteiger partial charge < -0.3 is 14.9 Å². The third kappa shape index (κ3) is 3.98. The van der Waals surface area contributed by atoms with Gasteiger partial charge in [-0.05, 0) is 38.5 Å². The Kier molecular flexibility index (Phi) is 5.51. The third-order valence-electron chi connectivity index (χ3n) is 5.55. The number of halogens is 1. The molecule has 3 heterocycles. The van der Waals surface area contributed by atoms with E-state index in [1.807, 2.05) is 18.7 Å². The Bertz CT molecular complexity index is 1220. The van der Waals surface area contributed by atoms with Gasteiger partial charge in [0.25, 0.3) is 11.5 Å². The summed E-state index contributed by atoms with van der Waals surface area (Å²) in [5.74, 6) is -0.494. The smallest absolute Gasteiger partial charge is 0.296 e. The number of carbonyl (C=O) groups is 1. The Labute approximate surface area is 182 Å². The number of hydrogen-bond donors (Lipinski definition) is 2. The average Bonchev–Trinajstić information content (AvgIpc) is 3.16. The number of fused-ring (bicyclic) bond motifs is 1. The zero-order valence-electron chi connectivity index (χ0n) is 17.9. The fraction of sp³-hybridized carbons (Fsp3) is 0.381. The molecule has 11 heteroatoms. The van der Waals surface area contributed by atoms with Crippen molar-refractivity contribution in [1.82, 2.24) is 29.9 Å². The van der Waals surface area contributed by atoms with Crippen molar-refractivity contribution in [3.63, 3.8) is 0 Å². The Morgan fingerprint density at radius 3 is 2.62 bits per heavy atom. The minimum atomic E-state index is -0.764. The molecule has 0 spiro atoms. The SMILES string of the molecule is Cc1noc(CN2CCn3c(nc(C(=O)NCc4ccc(F)cc4)c(O)c3=O)C2(C)C)n1. The lowest BCUT2D eigenvalue weighted by molar-refractivity contribution is 0.0545. The molecule has 32 heavy (non-hydrogen) atoms. The second kappa shape index (κ2) is 8.15. The molecule has 0 saturated heterocycles. The van der Waals surface area contributed by atoms with Crippen LogP contribution in [0.5, 0.6) is 5.75 Å². The number of nitrogens with zero attached hydrogens (tertiary/aromatic N) is 5. The Morgan fingerprint density at radius 1 is 1.25 bits per heavy atom. The standard InChI is InChI=1S/C21H23FN6O4/c1-12-24-15(32-26-12)11-27-8-9-28-19(31)17(29)16(25-20(28)21(27,2)3)18(30)23-10-13-4-6-14(22)7-5-13/h4-7,29H,8-11H2,1-3H3,(H,23,30). The number of carbonyl (C=O) groups excluding carboxylic acids is 1. The van der Waals surface area contributed by atoms with E-state index in [9.17, 15) is 19.1 Å². The lowest BCUT2D eigenvalue weighted by Gasteiger charge is -2.42. The zero-order chi connectivity index (χ0) is 23.0. The van der Waals surface area contributed by atoms with Crippen LogP contribution in [0.3, 0.4) is 0 Å². The number of aryl methyl sites for hydroxylation is 1. The largest absolute Gasteiger partial charge is 0.501 e. The quantitative estimate of drug-likeness (QED) is 0.608. The number of hydrogen-bond acceptors (Lipinski definition) is 8. The molecule has 2 N–H and O–H groups in total. The van der Waals surface area contributed by atoms with Crippen LogP contribution >= 0.6 is 0 Å². The molecule has 1 amide bonds. The first-order chi connectivity index (χ1) is 15.2. The van der Waals surface area contributed by atoms with Crippen molar-refractivity contribution in [1.29, 1.82) is 0 Å². The molecule has 3 aromatic rings. The number of rotatable bonds is 5. The van der Waals surface area contributed by atoms with Gasteiger partial charge in [-0.25, -0.2) is 9.37 Å². The van der Waals surface area contributed by atoms with Crippen LogP contribution in [-0.2, 0) is 25.2 Å². The monoisotopic (exact) mass is 442 g/mol. The van der Waals surface area contributed by atoms with Crippen molar-refractivity contribution in [2.24, 2.45) is 0 Å². The van der Waals surface area contributed by atoms with Crippen LogP contribution in [-0.4, -0.2) is 42.2 Å². The first-order valence-electron chi connectivity index (χ1n) is 10.1. The molecule has 1 aromatic carbocycles. The van der Waals surface area contributed by atoms with Gasteiger partial charge in [0.05, 0.1) is 12.1 Å². The molecular weight excluding hydrogens is 419 g/mol. The van der Waals surface area contributed by atoms with Gasteiger partial charge in [0, 0.05) is 19.6 Å². The summed E-state index contributed by atoms with van der Waals surface area (Å²) in [7, 11) is 0. The molecular formula is C21H23FN6O4. The maximum atomic E-state index is 13.1. The van der Waals surface area contributed by atoms with Crippen molar-refractivity contribution in [2.45, 2.75) is 45.9 Å². The molecule has 0 atom stereocenters. The first kappa shape index (κ1) is 21.6. The van der Waals surface area contributed by atoms with Crippen molar-refractivity contribution in [3.8, 4) is 5.75 Å². The highest BCUT2D eigenvalue weighted by Crippen LogP contribution is 2.31. The average molecular weight is 442 g/mol. The summed E-state index contributed by atoms with van der Waals surface area (Å²) in [6.07, 6.45) is 0. The van der Waals surface area contributed by atoms with Crippen LogP contribution in [0.1, 0.15) is 47.4 Å². The van der Waals surface area contributed by atoms with E-state index in [1.54, 1.807) is 6.92 Å². The summed E-state index contributed by atoms with van der Waals surface area (Å²) < 4.78 is 19.7. The first-order valence-corrected chi connectivity index (χ1v) is 10.1. The predicted octanol–water partition coefficient (Wildman–Crippen LogP) is 1.46. The van der Waals surface area contributed by atoms with Crippen LogP contribution in [0.15, 0.2) is 33.6 Å². The fourth-order valence-corrected chi connectivity index (χ4v) is 3.73. The minimum absolute atomic E-state index is 0.0880. The Balaban J connectivity index is 1.61. The van der Waals surface area contributed by atoms with Gasteiger partial charge in [-0.1, -0.05) is 17.3 Å². The second-order valence-corrected chi connectivity index (χ2v) is 8.11. The van der Waals surface area contributed by atoms with Gasteiger partial charge in [0.15, 0.2) is 11.5 Å². The van der Waals surface area contributed by atoms with Crippen molar-refractivity contribution in [3.05, 3.63) is 69.2 Å². The summed E-state index contributed by atoms with van der Waals surface area (Å²) in [4.78, 5) is 36.1. The molecule has 0 aliphatic carbocycles. The summed E-state index contributed by atoms with van der Waals surface area (Å²) in [5.41, 5.74) is -1.13. The number of aromatic nitrogens is 4. The van der Waals surface area contributed by atoms with Crippen molar-refractivity contribution in [2.75, 3.05) is 6.54 Å². The third-order valence-corrected chi connectivity index (χ3v) is 5.55. The minimum Gasteiger partial charge on any atom is -0.501 e. The van der Waals surface area contributed by atoms with E-state index in [1.165, 1.54) is 28.8 Å². The molecule has 0 fully saturated rings. The summed E-state index contributed by atoms with van der Waals surface area (Å²) >= 11 is 0. The van der Waals surface area contributed by atoms with E-state index in [4.69, 9.17) is 4.52 Å². The topological polar surface area (TPSA) is 126 Å². The molecule has 0 bridgehead atoms. The zero-order valence-corrected chi connectivity index (χ0v) is 17.9. The highest BCUT2D eigenvalue weighted by Gasteiger charge is 2.39. The van der Waals surface area contributed by atoms with E-state index in [2.05, 4.69) is 20.4 Å². The number of nitrogens with one attached hydrogen (secondary N) is 1. The van der Waals surface area contributed by atoms with Gasteiger partial charge in [0.2, 0.25) is 11.6 Å². The molecule has 1 aliphatic rings. The highest BCUT2D eigenvalue weighted by molar-refractivity contribution is 5.94. The van der Waals surface area contributed by atoms with Crippen LogP contribution < -0.4 is 10.9 Å². The molecule has 168 valence electrons. The molecule has 0 radical (unpaired) electrons. The Morgan fingerprint density at radius 2 is 1.97 bits per heavy atom. The predicted molar refractivity (Wildman–Crippen MR) is 110 cm³/mol. The number of benzene rings is 1. The summed E-state index contributed by atoms with van der Waals surface area (Å²) in [5, 5.41) is 16.8. The summed E-state index contributed by atoms with van der Waals surface area (Å²) in [6, 6.07) is 5.63. The van der Waals surface area contributed by atoms with Crippen LogP contribution in [0.2, 0.25) is 0 Å². The van der Waals surface area contributed by atoms with Gasteiger partial charge in [0.1, 0.15) is 11.6 Å². The molecule has 4 rings (SSSR count). The van der Waals surface area contributed by atoms with Crippen LogP contribution in [0, 0.1) is 12.7 Å². The molecule has 0 saturated carbocycles. The van der Waals surface area contributed by atoms with Gasteiger partial charge >= 0.3 is 0 Å². The van der Waals surface area contributed by atoms with Crippen LogP contribution in [0.25, 0.3) is 0 Å². The normalized spacial score (nSPS) is 15.4. The van der Waals surface area contributed by atoms with Crippen molar-refractivity contribution < 1.29 is 18.8 Å². The van der Waals surface area contributed by atoms with E-state index in [0.717, 1.165) is 0 Å². The summed E-state index contributed by atoms with van der Waals surface area (Å²) in [6.45, 7) is 6.66. The number of amides is 1. The van der Waals surface area contributed by atoms with E-state index in [0.29, 0.717) is 36.2 Å². The van der Waals surface area contributed by atoms with E-state index < -0.39 is 22.8 Å². The Hall–Kier alpha value is -3.60. The highest BCUT2D eigenvalue weighted by atomic mass is 19.1. The lowest BCUT2D eigenvalue weighted by atomic mass is 9.98. The molecule has 10 nitrogen and oxygen atoms in total. The molecule has 2 aromatic heterocycles. The van der Waals surface area contributed by atoms with Crippen molar-refractivity contribution >= 4 is 5.91 Å². The number of aromatic hydroxyl groups is 1. The van der Waals surface area contributed by atoms with Crippen LogP contribution in [0.4, 0.5) is 4.39 Å². The van der Waals surface area contributed by atoms with Gasteiger partial charge in [-0.15, -0.1) is 0 Å². The fourth-order valence-electron chi connectivity index (χ4n) is 3.73. The van der Waals surface area contributed by atoms with E-state index >= 15 is 0 Å². The molecule has 1 aliphatic heterocycles. The van der Waals surface area contributed by atoms with Gasteiger partial charge in [-0.2, -0.15) is 4.98 Å². The maximum Gasteiger partial charge on any atom is 0.296 e.